The van der Waals surface area contributed by atoms with Crippen LogP contribution in [-0.2, 0) is 9.53 Å². The van der Waals surface area contributed by atoms with Gasteiger partial charge in [-0.25, -0.2) is 0 Å². The van der Waals surface area contributed by atoms with Crippen molar-refractivity contribution in [2.24, 2.45) is 0 Å². The van der Waals surface area contributed by atoms with E-state index < -0.39 is 0 Å². The molecule has 0 rings (SSSR count). The normalized spacial score (nSPS) is 10.8. The number of rotatable bonds is 10. The molecule has 1 amide bonds. The van der Waals surface area contributed by atoms with Crippen LogP contribution in [0.3, 0.4) is 0 Å². The van der Waals surface area contributed by atoms with E-state index >= 15 is 0 Å². The van der Waals surface area contributed by atoms with Crippen molar-refractivity contribution >= 4 is 5.91 Å². The van der Waals surface area contributed by atoms with Gasteiger partial charge >= 0.3 is 0 Å². The number of ether oxygens (including phenoxy) is 1. The first kappa shape index (κ1) is 15.4. The zero-order chi connectivity index (χ0) is 12.2. The molecule has 0 radical (unpaired) electrons. The van der Waals surface area contributed by atoms with E-state index in [1.807, 2.05) is 6.92 Å². The van der Waals surface area contributed by atoms with Gasteiger partial charge in [-0.05, 0) is 33.1 Å². The Morgan fingerprint density at radius 2 is 1.88 bits per heavy atom. The van der Waals surface area contributed by atoms with E-state index in [1.54, 1.807) is 0 Å². The van der Waals surface area contributed by atoms with Crippen LogP contribution in [0.15, 0.2) is 0 Å². The molecule has 0 bridgehead atoms. The third-order valence-electron chi connectivity index (χ3n) is 2.32. The van der Waals surface area contributed by atoms with Gasteiger partial charge in [-0.15, -0.1) is 0 Å². The molecule has 0 aliphatic carbocycles. The van der Waals surface area contributed by atoms with E-state index in [0.29, 0.717) is 12.5 Å². The van der Waals surface area contributed by atoms with Crippen LogP contribution in [0, 0.1) is 0 Å². The minimum absolute atomic E-state index is 0.186. The summed E-state index contributed by atoms with van der Waals surface area (Å²) in [5.41, 5.74) is 0. The van der Waals surface area contributed by atoms with E-state index in [0.717, 1.165) is 32.4 Å². The summed E-state index contributed by atoms with van der Waals surface area (Å²) < 4.78 is 5.45. The summed E-state index contributed by atoms with van der Waals surface area (Å²) in [5.74, 6) is 0.186. The summed E-state index contributed by atoms with van der Waals surface area (Å²) in [6.45, 7) is 7.82. The number of carbonyl (C=O) groups excluding carboxylic acids is 1. The molecule has 0 aromatic heterocycles. The van der Waals surface area contributed by atoms with E-state index in [9.17, 15) is 4.79 Å². The van der Waals surface area contributed by atoms with Gasteiger partial charge in [-0.3, -0.25) is 4.79 Å². The fourth-order valence-corrected chi connectivity index (χ4v) is 1.44. The summed E-state index contributed by atoms with van der Waals surface area (Å²) in [4.78, 5) is 11.1. The molecule has 0 saturated carbocycles. The minimum atomic E-state index is 0.186. The molecular formula is C13H27NO2. The molecule has 0 atom stereocenters. The lowest BCUT2D eigenvalue weighted by Crippen LogP contribution is -2.23. The van der Waals surface area contributed by atoms with Crippen LogP contribution >= 0.6 is 0 Å². The summed E-state index contributed by atoms with van der Waals surface area (Å²) in [6, 6.07) is 0. The molecular weight excluding hydrogens is 202 g/mol. The highest BCUT2D eigenvalue weighted by Gasteiger charge is 1.97. The Hall–Kier alpha value is -0.570. The lowest BCUT2D eigenvalue weighted by Gasteiger charge is -2.07. The third-order valence-corrected chi connectivity index (χ3v) is 2.32. The molecule has 0 spiro atoms. The SMILES string of the molecule is CCCC(=O)NCCCCCCOC(C)C. The topological polar surface area (TPSA) is 38.3 Å². The zero-order valence-corrected chi connectivity index (χ0v) is 11.1. The molecule has 1 N–H and O–H groups in total. The quantitative estimate of drug-likeness (QED) is 0.585. The predicted octanol–water partition coefficient (Wildman–Crippen LogP) is 2.89. The van der Waals surface area contributed by atoms with Crippen molar-refractivity contribution in [2.45, 2.75) is 65.4 Å². The van der Waals surface area contributed by atoms with Crippen molar-refractivity contribution < 1.29 is 9.53 Å². The van der Waals surface area contributed by atoms with E-state index in [1.165, 1.54) is 12.8 Å². The third kappa shape index (κ3) is 11.5. The summed E-state index contributed by atoms with van der Waals surface area (Å²) in [5, 5.41) is 2.92. The van der Waals surface area contributed by atoms with Gasteiger partial charge in [0.1, 0.15) is 0 Å². The van der Waals surface area contributed by atoms with Crippen LogP contribution in [0.5, 0.6) is 0 Å². The maximum atomic E-state index is 11.1. The number of amides is 1. The second kappa shape index (κ2) is 10.9. The van der Waals surface area contributed by atoms with E-state index in [4.69, 9.17) is 4.74 Å². The van der Waals surface area contributed by atoms with Gasteiger partial charge < -0.3 is 10.1 Å². The summed E-state index contributed by atoms with van der Waals surface area (Å²) in [7, 11) is 0. The van der Waals surface area contributed by atoms with Crippen LogP contribution in [-0.4, -0.2) is 25.2 Å². The van der Waals surface area contributed by atoms with Crippen molar-refractivity contribution in [3.8, 4) is 0 Å². The van der Waals surface area contributed by atoms with Gasteiger partial charge in [0, 0.05) is 19.6 Å². The molecule has 0 aromatic rings. The maximum Gasteiger partial charge on any atom is 0.219 e. The Morgan fingerprint density at radius 1 is 1.19 bits per heavy atom. The van der Waals surface area contributed by atoms with Crippen molar-refractivity contribution in [3.05, 3.63) is 0 Å². The smallest absolute Gasteiger partial charge is 0.219 e. The van der Waals surface area contributed by atoms with Crippen LogP contribution < -0.4 is 5.32 Å². The zero-order valence-electron chi connectivity index (χ0n) is 11.1. The second-order valence-corrected chi connectivity index (χ2v) is 4.43. The number of hydrogen-bond acceptors (Lipinski definition) is 2. The highest BCUT2D eigenvalue weighted by molar-refractivity contribution is 5.75. The Kier molecular flexibility index (Phi) is 10.5. The number of carbonyl (C=O) groups is 1. The lowest BCUT2D eigenvalue weighted by molar-refractivity contribution is -0.121. The van der Waals surface area contributed by atoms with Crippen LogP contribution in [0.1, 0.15) is 59.3 Å². The molecule has 0 aliphatic heterocycles. The van der Waals surface area contributed by atoms with Gasteiger partial charge in [-0.2, -0.15) is 0 Å². The standard InChI is InChI=1S/C13H27NO2/c1-4-9-13(15)14-10-7-5-6-8-11-16-12(2)3/h12H,4-11H2,1-3H3,(H,14,15). The molecule has 16 heavy (non-hydrogen) atoms. The van der Waals surface area contributed by atoms with Crippen LogP contribution in [0.25, 0.3) is 0 Å². The molecule has 0 heterocycles. The molecule has 96 valence electrons. The molecule has 0 unspecified atom stereocenters. The Morgan fingerprint density at radius 3 is 2.50 bits per heavy atom. The first-order chi connectivity index (χ1) is 7.66. The highest BCUT2D eigenvalue weighted by Crippen LogP contribution is 2.00. The Balaban J connectivity index is 3.07. The minimum Gasteiger partial charge on any atom is -0.379 e. The predicted molar refractivity (Wildman–Crippen MR) is 67.5 cm³/mol. The van der Waals surface area contributed by atoms with Gasteiger partial charge in [-0.1, -0.05) is 19.8 Å². The highest BCUT2D eigenvalue weighted by atomic mass is 16.5. The number of nitrogens with one attached hydrogen (secondary N) is 1. The summed E-state index contributed by atoms with van der Waals surface area (Å²) >= 11 is 0. The van der Waals surface area contributed by atoms with Gasteiger partial charge in [0.05, 0.1) is 6.10 Å². The Labute approximate surface area is 99.9 Å². The van der Waals surface area contributed by atoms with E-state index in [-0.39, 0.29) is 5.91 Å². The summed E-state index contributed by atoms with van der Waals surface area (Å²) in [6.07, 6.45) is 6.50. The van der Waals surface area contributed by atoms with Crippen molar-refractivity contribution in [2.75, 3.05) is 13.2 Å². The van der Waals surface area contributed by atoms with Crippen molar-refractivity contribution in [1.29, 1.82) is 0 Å². The molecule has 0 fully saturated rings. The molecule has 0 saturated heterocycles. The average Bonchev–Trinajstić information content (AvgIpc) is 2.22. The largest absolute Gasteiger partial charge is 0.379 e. The van der Waals surface area contributed by atoms with Gasteiger partial charge in [0.2, 0.25) is 5.91 Å². The molecule has 3 heteroatoms. The average molecular weight is 229 g/mol. The maximum absolute atomic E-state index is 11.1. The number of unbranched alkanes of at least 4 members (excludes halogenated alkanes) is 3. The fourth-order valence-electron chi connectivity index (χ4n) is 1.44. The van der Waals surface area contributed by atoms with Gasteiger partial charge in [0.15, 0.2) is 0 Å². The lowest BCUT2D eigenvalue weighted by atomic mass is 10.2. The number of hydrogen-bond donors (Lipinski definition) is 1. The Bertz CT molecular complexity index is 169. The fraction of sp³-hybridized carbons (Fsp3) is 0.923. The monoisotopic (exact) mass is 229 g/mol. The van der Waals surface area contributed by atoms with Crippen LogP contribution in [0.2, 0.25) is 0 Å². The van der Waals surface area contributed by atoms with Gasteiger partial charge in [0.25, 0.3) is 0 Å². The van der Waals surface area contributed by atoms with E-state index in [2.05, 4.69) is 19.2 Å². The van der Waals surface area contributed by atoms with Crippen molar-refractivity contribution in [1.82, 2.24) is 5.32 Å². The second-order valence-electron chi connectivity index (χ2n) is 4.43. The van der Waals surface area contributed by atoms with Crippen LogP contribution in [0.4, 0.5) is 0 Å². The first-order valence-electron chi connectivity index (χ1n) is 6.55. The van der Waals surface area contributed by atoms with Crippen molar-refractivity contribution in [3.63, 3.8) is 0 Å². The molecule has 0 aromatic carbocycles. The molecule has 3 nitrogen and oxygen atoms in total. The molecule has 0 aliphatic rings. The first-order valence-corrected chi connectivity index (χ1v) is 6.55.